The first kappa shape index (κ1) is 13.8. The second kappa shape index (κ2) is 5.37. The molecule has 0 aliphatic carbocycles. The number of nitrogen functional groups attached to an aromatic ring is 1. The highest BCUT2D eigenvalue weighted by molar-refractivity contribution is 7.89. The monoisotopic (exact) mass is 258 g/mol. The number of aryl methyl sites for hydroxylation is 1. The van der Waals surface area contributed by atoms with Gasteiger partial charge in [0.25, 0.3) is 0 Å². The molecule has 0 amide bonds. The summed E-state index contributed by atoms with van der Waals surface area (Å²) in [5.41, 5.74) is 6.84. The highest BCUT2D eigenvalue weighted by atomic mass is 32.2. The van der Waals surface area contributed by atoms with Crippen LogP contribution >= 0.6 is 0 Å². The van der Waals surface area contributed by atoms with Crippen LogP contribution in [0.4, 0.5) is 5.69 Å². The van der Waals surface area contributed by atoms with Crippen LogP contribution in [0.25, 0.3) is 0 Å². The van der Waals surface area contributed by atoms with E-state index in [0.717, 1.165) is 12.0 Å². The van der Waals surface area contributed by atoms with E-state index in [2.05, 4.69) is 4.72 Å². The minimum Gasteiger partial charge on any atom is -0.493 e. The van der Waals surface area contributed by atoms with Gasteiger partial charge in [-0.05, 0) is 31.0 Å². The minimum atomic E-state index is -3.57. The van der Waals surface area contributed by atoms with Gasteiger partial charge in [-0.2, -0.15) is 0 Å². The fourth-order valence-corrected chi connectivity index (χ4v) is 2.91. The number of sulfonamides is 1. The van der Waals surface area contributed by atoms with E-state index >= 15 is 0 Å². The van der Waals surface area contributed by atoms with Crippen LogP contribution in [0.5, 0.6) is 5.75 Å². The van der Waals surface area contributed by atoms with Crippen molar-refractivity contribution in [2.24, 2.45) is 0 Å². The molecule has 17 heavy (non-hydrogen) atoms. The zero-order valence-corrected chi connectivity index (χ0v) is 11.1. The third-order valence-corrected chi connectivity index (χ3v) is 3.73. The Kier molecular flexibility index (Phi) is 4.36. The molecule has 0 unspecified atom stereocenters. The van der Waals surface area contributed by atoms with Gasteiger partial charge in [-0.25, -0.2) is 13.1 Å². The molecule has 0 atom stereocenters. The number of methoxy groups -OCH3 is 1. The van der Waals surface area contributed by atoms with Gasteiger partial charge in [-0.3, -0.25) is 0 Å². The smallest absolute Gasteiger partial charge is 0.244 e. The second-order valence-corrected chi connectivity index (χ2v) is 5.52. The average molecular weight is 258 g/mol. The maximum atomic E-state index is 12.0. The van der Waals surface area contributed by atoms with Gasteiger partial charge in [0.05, 0.1) is 12.8 Å². The molecule has 0 aliphatic rings. The Bertz CT molecular complexity index is 498. The molecule has 0 radical (unpaired) electrons. The van der Waals surface area contributed by atoms with Crippen LogP contribution < -0.4 is 15.2 Å². The summed E-state index contributed by atoms with van der Waals surface area (Å²) < 4.78 is 31.6. The third kappa shape index (κ3) is 3.10. The maximum absolute atomic E-state index is 12.0. The Morgan fingerprint density at radius 2 is 2.06 bits per heavy atom. The van der Waals surface area contributed by atoms with Crippen molar-refractivity contribution in [3.63, 3.8) is 0 Å². The summed E-state index contributed by atoms with van der Waals surface area (Å²) in [7, 11) is -2.16. The first-order valence-electron chi connectivity index (χ1n) is 5.36. The van der Waals surface area contributed by atoms with Crippen LogP contribution in [0.3, 0.4) is 0 Å². The Labute approximate surface area is 102 Å². The van der Waals surface area contributed by atoms with Crippen LogP contribution in [0, 0.1) is 6.92 Å². The summed E-state index contributed by atoms with van der Waals surface area (Å²) >= 11 is 0. The Morgan fingerprint density at radius 1 is 1.41 bits per heavy atom. The van der Waals surface area contributed by atoms with Gasteiger partial charge < -0.3 is 10.5 Å². The number of nitrogens with one attached hydrogen (secondary N) is 1. The topological polar surface area (TPSA) is 81.4 Å². The first-order chi connectivity index (χ1) is 7.92. The number of ether oxygens (including phenoxy) is 1. The lowest BCUT2D eigenvalue weighted by Gasteiger charge is -2.13. The minimum absolute atomic E-state index is 0.0888. The molecule has 5 nitrogen and oxygen atoms in total. The molecule has 0 aliphatic heterocycles. The first-order valence-corrected chi connectivity index (χ1v) is 6.84. The summed E-state index contributed by atoms with van der Waals surface area (Å²) in [6.07, 6.45) is 0.725. The van der Waals surface area contributed by atoms with Crippen molar-refractivity contribution in [3.05, 3.63) is 17.7 Å². The van der Waals surface area contributed by atoms with Gasteiger partial charge in [-0.15, -0.1) is 0 Å². The predicted molar refractivity (Wildman–Crippen MR) is 67.6 cm³/mol. The predicted octanol–water partition coefficient (Wildman–Crippen LogP) is 1.27. The molecular weight excluding hydrogens is 240 g/mol. The highest BCUT2D eigenvalue weighted by Gasteiger charge is 2.21. The molecule has 0 spiro atoms. The van der Waals surface area contributed by atoms with Crippen LogP contribution in [-0.4, -0.2) is 22.1 Å². The van der Waals surface area contributed by atoms with E-state index in [1.165, 1.54) is 7.11 Å². The number of nitrogens with two attached hydrogens (primary N) is 1. The summed E-state index contributed by atoms with van der Waals surface area (Å²) in [6.45, 7) is 4.07. The number of rotatable bonds is 5. The van der Waals surface area contributed by atoms with E-state index in [9.17, 15) is 8.42 Å². The second-order valence-electron chi connectivity index (χ2n) is 3.78. The molecule has 96 valence electrons. The molecule has 0 saturated heterocycles. The average Bonchev–Trinajstić information content (AvgIpc) is 2.25. The molecule has 1 aromatic carbocycles. The van der Waals surface area contributed by atoms with Crippen molar-refractivity contribution < 1.29 is 13.2 Å². The van der Waals surface area contributed by atoms with Gasteiger partial charge in [0.2, 0.25) is 10.0 Å². The number of hydrogen-bond donors (Lipinski definition) is 2. The van der Waals surface area contributed by atoms with E-state index < -0.39 is 10.0 Å². The quantitative estimate of drug-likeness (QED) is 0.779. The van der Waals surface area contributed by atoms with Crippen LogP contribution in [0.1, 0.15) is 18.9 Å². The van der Waals surface area contributed by atoms with Crippen molar-refractivity contribution in [3.8, 4) is 5.75 Å². The van der Waals surface area contributed by atoms with Crippen LogP contribution in [-0.2, 0) is 10.0 Å². The Balaban J connectivity index is 3.29. The van der Waals surface area contributed by atoms with Gasteiger partial charge in [0.15, 0.2) is 5.75 Å². The highest BCUT2D eigenvalue weighted by Crippen LogP contribution is 2.31. The Morgan fingerprint density at radius 3 is 2.59 bits per heavy atom. The lowest BCUT2D eigenvalue weighted by atomic mass is 10.2. The van der Waals surface area contributed by atoms with E-state index in [1.807, 2.05) is 6.92 Å². The molecule has 1 rings (SSSR count). The van der Waals surface area contributed by atoms with E-state index in [4.69, 9.17) is 10.5 Å². The van der Waals surface area contributed by atoms with E-state index in [-0.39, 0.29) is 10.6 Å². The molecule has 3 N–H and O–H groups in total. The number of benzene rings is 1. The Hall–Kier alpha value is -1.27. The summed E-state index contributed by atoms with van der Waals surface area (Å²) in [5.74, 6) is 0.194. The molecule has 6 heteroatoms. The summed E-state index contributed by atoms with van der Waals surface area (Å²) in [5, 5.41) is 0. The fraction of sp³-hybridized carbons (Fsp3) is 0.455. The van der Waals surface area contributed by atoms with Gasteiger partial charge >= 0.3 is 0 Å². The maximum Gasteiger partial charge on any atom is 0.244 e. The fourth-order valence-electron chi connectivity index (χ4n) is 1.50. The molecule has 0 bridgehead atoms. The third-order valence-electron chi connectivity index (χ3n) is 2.26. The standard InChI is InChI=1S/C11H18N2O3S/c1-4-5-13-17(14,15)10-7-8(2)6-9(12)11(10)16-3/h6-7,13H,4-5,12H2,1-3H3. The van der Waals surface area contributed by atoms with Crippen molar-refractivity contribution in [1.29, 1.82) is 0 Å². The lowest BCUT2D eigenvalue weighted by Crippen LogP contribution is -2.25. The SMILES string of the molecule is CCCNS(=O)(=O)c1cc(C)cc(N)c1OC. The zero-order chi connectivity index (χ0) is 13.1. The number of hydrogen-bond acceptors (Lipinski definition) is 4. The van der Waals surface area contributed by atoms with Crippen molar-refractivity contribution >= 4 is 15.7 Å². The van der Waals surface area contributed by atoms with Crippen LogP contribution in [0.2, 0.25) is 0 Å². The molecule has 1 aromatic rings. The normalized spacial score (nSPS) is 11.5. The lowest BCUT2D eigenvalue weighted by molar-refractivity contribution is 0.404. The van der Waals surface area contributed by atoms with Crippen molar-refractivity contribution in [1.82, 2.24) is 4.72 Å². The van der Waals surface area contributed by atoms with Gasteiger partial charge in [0, 0.05) is 6.54 Å². The van der Waals surface area contributed by atoms with E-state index in [1.54, 1.807) is 19.1 Å². The molecule has 0 aromatic heterocycles. The molecule has 0 fully saturated rings. The van der Waals surface area contributed by atoms with Gasteiger partial charge in [0.1, 0.15) is 4.90 Å². The van der Waals surface area contributed by atoms with Crippen LogP contribution in [0.15, 0.2) is 17.0 Å². The molecule has 0 heterocycles. The molecule has 0 saturated carbocycles. The largest absolute Gasteiger partial charge is 0.493 e. The van der Waals surface area contributed by atoms with Crippen molar-refractivity contribution in [2.45, 2.75) is 25.2 Å². The van der Waals surface area contributed by atoms with E-state index in [0.29, 0.717) is 12.2 Å². The van der Waals surface area contributed by atoms with Crippen molar-refractivity contribution in [2.75, 3.05) is 19.4 Å². The van der Waals surface area contributed by atoms with Gasteiger partial charge in [-0.1, -0.05) is 6.92 Å². The zero-order valence-electron chi connectivity index (χ0n) is 10.3. The number of anilines is 1. The summed E-state index contributed by atoms with van der Waals surface area (Å²) in [6, 6.07) is 3.23. The summed E-state index contributed by atoms with van der Waals surface area (Å²) in [4.78, 5) is 0.0888. The molecular formula is C11H18N2O3S.